The standard InChI is InChI=1S/C17H22FNOS/c1-19-9-16-13(11-20-10-12-5-2-3-6-12)17-14(18)7-4-8-15(17)21-16/h4,7-8,12,19H,2-3,5-6,9-11H2,1H3. The van der Waals surface area contributed by atoms with E-state index in [4.69, 9.17) is 4.74 Å². The number of ether oxygens (including phenoxy) is 1. The first-order valence-electron chi connectivity index (χ1n) is 7.70. The van der Waals surface area contributed by atoms with Gasteiger partial charge in [-0.05, 0) is 37.9 Å². The summed E-state index contributed by atoms with van der Waals surface area (Å²) in [5.41, 5.74) is 1.03. The summed E-state index contributed by atoms with van der Waals surface area (Å²) < 4.78 is 21.1. The first kappa shape index (κ1) is 14.9. The van der Waals surface area contributed by atoms with Crippen molar-refractivity contribution in [2.75, 3.05) is 13.7 Å². The first-order chi connectivity index (χ1) is 10.3. The Morgan fingerprint density at radius 2 is 2.14 bits per heavy atom. The summed E-state index contributed by atoms with van der Waals surface area (Å²) in [5, 5.41) is 3.92. The predicted molar refractivity (Wildman–Crippen MR) is 86.2 cm³/mol. The molecule has 1 aromatic heterocycles. The summed E-state index contributed by atoms with van der Waals surface area (Å²) in [5.74, 6) is 0.568. The number of thiophene rings is 1. The third-order valence-electron chi connectivity index (χ3n) is 4.26. The molecule has 0 aliphatic heterocycles. The Balaban J connectivity index is 1.79. The second kappa shape index (κ2) is 6.86. The molecule has 1 aliphatic carbocycles. The van der Waals surface area contributed by atoms with Crippen molar-refractivity contribution in [2.24, 2.45) is 5.92 Å². The Labute approximate surface area is 129 Å². The normalized spacial score (nSPS) is 16.1. The van der Waals surface area contributed by atoms with Crippen LogP contribution in [0.4, 0.5) is 4.39 Å². The lowest BCUT2D eigenvalue weighted by Crippen LogP contribution is -2.09. The van der Waals surface area contributed by atoms with Crippen LogP contribution in [0.3, 0.4) is 0 Å². The maximum atomic E-state index is 14.2. The first-order valence-corrected chi connectivity index (χ1v) is 8.52. The zero-order valence-corrected chi connectivity index (χ0v) is 13.3. The topological polar surface area (TPSA) is 21.3 Å². The monoisotopic (exact) mass is 307 g/mol. The molecular weight excluding hydrogens is 285 g/mol. The van der Waals surface area contributed by atoms with Gasteiger partial charge in [0.05, 0.1) is 6.61 Å². The van der Waals surface area contributed by atoms with Gasteiger partial charge in [0.15, 0.2) is 0 Å². The molecule has 1 heterocycles. The van der Waals surface area contributed by atoms with Gasteiger partial charge < -0.3 is 10.1 Å². The number of hydrogen-bond acceptors (Lipinski definition) is 3. The van der Waals surface area contributed by atoms with E-state index in [1.165, 1.54) is 30.6 Å². The van der Waals surface area contributed by atoms with Crippen molar-refractivity contribution in [1.82, 2.24) is 5.32 Å². The largest absolute Gasteiger partial charge is 0.376 e. The molecule has 1 fully saturated rings. The Morgan fingerprint density at radius 1 is 1.33 bits per heavy atom. The minimum atomic E-state index is -0.134. The average Bonchev–Trinajstić information content (AvgIpc) is 3.09. The number of halogens is 1. The zero-order chi connectivity index (χ0) is 14.7. The second-order valence-electron chi connectivity index (χ2n) is 5.81. The van der Waals surface area contributed by atoms with E-state index in [0.29, 0.717) is 12.5 Å². The Kier molecular flexibility index (Phi) is 4.88. The van der Waals surface area contributed by atoms with Crippen LogP contribution in [0.15, 0.2) is 18.2 Å². The van der Waals surface area contributed by atoms with Crippen LogP contribution in [-0.2, 0) is 17.9 Å². The molecule has 0 radical (unpaired) electrons. The summed E-state index contributed by atoms with van der Waals surface area (Å²) in [7, 11) is 1.92. The van der Waals surface area contributed by atoms with Crippen LogP contribution in [0.5, 0.6) is 0 Å². The second-order valence-corrected chi connectivity index (χ2v) is 6.95. The van der Waals surface area contributed by atoms with Gasteiger partial charge in [-0.1, -0.05) is 18.9 Å². The molecule has 2 nitrogen and oxygen atoms in total. The third-order valence-corrected chi connectivity index (χ3v) is 5.46. The smallest absolute Gasteiger partial charge is 0.132 e. The minimum Gasteiger partial charge on any atom is -0.376 e. The van der Waals surface area contributed by atoms with Crippen molar-refractivity contribution in [1.29, 1.82) is 0 Å². The number of benzene rings is 1. The number of rotatable bonds is 6. The van der Waals surface area contributed by atoms with Crippen LogP contribution in [0.1, 0.15) is 36.1 Å². The van der Waals surface area contributed by atoms with Crippen molar-refractivity contribution in [3.63, 3.8) is 0 Å². The zero-order valence-electron chi connectivity index (χ0n) is 12.5. The quantitative estimate of drug-likeness (QED) is 0.850. The summed E-state index contributed by atoms with van der Waals surface area (Å²) in [6, 6.07) is 5.31. The molecule has 1 N–H and O–H groups in total. The molecule has 21 heavy (non-hydrogen) atoms. The van der Waals surface area contributed by atoms with Gasteiger partial charge in [-0.25, -0.2) is 4.39 Å². The molecule has 0 saturated heterocycles. The van der Waals surface area contributed by atoms with Gasteiger partial charge in [0.25, 0.3) is 0 Å². The molecule has 4 heteroatoms. The summed E-state index contributed by atoms with van der Waals surface area (Å²) in [6.07, 6.45) is 5.22. The third kappa shape index (κ3) is 3.28. The van der Waals surface area contributed by atoms with Crippen LogP contribution in [-0.4, -0.2) is 13.7 Å². The van der Waals surface area contributed by atoms with E-state index in [-0.39, 0.29) is 5.82 Å². The van der Waals surface area contributed by atoms with Crippen LogP contribution >= 0.6 is 11.3 Å². The number of hydrogen-bond donors (Lipinski definition) is 1. The van der Waals surface area contributed by atoms with Crippen molar-refractivity contribution < 1.29 is 9.13 Å². The molecule has 1 aromatic carbocycles. The van der Waals surface area contributed by atoms with E-state index < -0.39 is 0 Å². The summed E-state index contributed by atoms with van der Waals surface area (Å²) in [4.78, 5) is 1.18. The minimum absolute atomic E-state index is 0.134. The van der Waals surface area contributed by atoms with Gasteiger partial charge in [-0.3, -0.25) is 0 Å². The molecule has 1 aliphatic rings. The van der Waals surface area contributed by atoms with Crippen LogP contribution < -0.4 is 5.32 Å². The SMILES string of the molecule is CNCc1sc2cccc(F)c2c1COCC1CCCC1. The highest BCUT2D eigenvalue weighted by molar-refractivity contribution is 7.19. The molecule has 3 rings (SSSR count). The van der Waals surface area contributed by atoms with Crippen LogP contribution in [0, 0.1) is 11.7 Å². The van der Waals surface area contributed by atoms with E-state index in [0.717, 1.165) is 28.8 Å². The Hall–Kier alpha value is -0.970. The van der Waals surface area contributed by atoms with Gasteiger partial charge >= 0.3 is 0 Å². The highest BCUT2D eigenvalue weighted by Crippen LogP contribution is 2.34. The van der Waals surface area contributed by atoms with Crippen molar-refractivity contribution in [2.45, 2.75) is 38.8 Å². The van der Waals surface area contributed by atoms with Crippen LogP contribution in [0.2, 0.25) is 0 Å². The lowest BCUT2D eigenvalue weighted by molar-refractivity contribution is 0.0892. The molecule has 0 spiro atoms. The molecule has 0 bridgehead atoms. The van der Waals surface area contributed by atoms with E-state index in [1.54, 1.807) is 23.5 Å². The van der Waals surface area contributed by atoms with E-state index in [1.807, 2.05) is 13.1 Å². The molecule has 1 saturated carbocycles. The maximum Gasteiger partial charge on any atom is 0.132 e. The maximum absolute atomic E-state index is 14.2. The average molecular weight is 307 g/mol. The number of nitrogens with one attached hydrogen (secondary N) is 1. The van der Waals surface area contributed by atoms with Gasteiger partial charge in [0.1, 0.15) is 5.82 Å². The van der Waals surface area contributed by atoms with Crippen LogP contribution in [0.25, 0.3) is 10.1 Å². The Bertz CT molecular complexity index is 604. The van der Waals surface area contributed by atoms with Crippen molar-refractivity contribution >= 4 is 21.4 Å². The molecule has 0 atom stereocenters. The molecule has 2 aromatic rings. The molecule has 0 unspecified atom stereocenters. The van der Waals surface area contributed by atoms with Gasteiger partial charge in [-0.15, -0.1) is 11.3 Å². The summed E-state index contributed by atoms with van der Waals surface area (Å²) in [6.45, 7) is 2.10. The van der Waals surface area contributed by atoms with E-state index in [2.05, 4.69) is 5.32 Å². The molecular formula is C17H22FNOS. The number of fused-ring (bicyclic) bond motifs is 1. The highest BCUT2D eigenvalue weighted by atomic mass is 32.1. The lowest BCUT2D eigenvalue weighted by Gasteiger charge is -2.11. The fourth-order valence-corrected chi connectivity index (χ4v) is 4.41. The fraction of sp³-hybridized carbons (Fsp3) is 0.529. The van der Waals surface area contributed by atoms with Gasteiger partial charge in [0, 0.05) is 33.7 Å². The fourth-order valence-electron chi connectivity index (χ4n) is 3.18. The lowest BCUT2D eigenvalue weighted by atomic mass is 10.1. The highest BCUT2D eigenvalue weighted by Gasteiger charge is 2.18. The molecule has 114 valence electrons. The van der Waals surface area contributed by atoms with E-state index in [9.17, 15) is 4.39 Å². The van der Waals surface area contributed by atoms with Gasteiger partial charge in [-0.2, -0.15) is 0 Å². The predicted octanol–water partition coefficient (Wildman–Crippen LogP) is 4.47. The summed E-state index contributed by atoms with van der Waals surface area (Å²) >= 11 is 1.66. The molecule has 0 amide bonds. The van der Waals surface area contributed by atoms with E-state index >= 15 is 0 Å². The Morgan fingerprint density at radius 3 is 2.90 bits per heavy atom. The van der Waals surface area contributed by atoms with Gasteiger partial charge in [0.2, 0.25) is 0 Å². The van der Waals surface area contributed by atoms with Crippen molar-refractivity contribution in [3.05, 3.63) is 34.5 Å². The van der Waals surface area contributed by atoms with Crippen molar-refractivity contribution in [3.8, 4) is 0 Å².